The minimum Gasteiger partial charge on any atom is -0.481 e. The van der Waals surface area contributed by atoms with Crippen LogP contribution in [0.1, 0.15) is 72.1 Å². The smallest absolute Gasteiger partial charge is 0.309 e. The van der Waals surface area contributed by atoms with Crippen molar-refractivity contribution in [3.63, 3.8) is 0 Å². The molecule has 0 aliphatic heterocycles. The zero-order chi connectivity index (χ0) is 19.5. The zero-order valence-corrected chi connectivity index (χ0v) is 17.3. The summed E-state index contributed by atoms with van der Waals surface area (Å²) in [5.74, 6) is 0.561. The molecular weight excluding hydrogens is 328 g/mol. The number of ether oxygens (including phenoxy) is 2. The van der Waals surface area contributed by atoms with Crippen molar-refractivity contribution in [3.05, 3.63) is 12.2 Å². The van der Waals surface area contributed by atoms with Crippen molar-refractivity contribution in [3.8, 4) is 0 Å². The monoisotopic (exact) mass is 366 g/mol. The summed E-state index contributed by atoms with van der Waals surface area (Å²) < 4.78 is 10.7. The SMILES string of the molecule is C=C1CC[C@H]2[C@](C)(CCC[C@]2(C)C(=O)O)[C@H]1CC[C@@H](C)CC(OC)OC. The molecule has 0 radical (unpaired) electrons. The van der Waals surface area contributed by atoms with Crippen LogP contribution < -0.4 is 0 Å². The van der Waals surface area contributed by atoms with E-state index in [9.17, 15) is 9.90 Å². The van der Waals surface area contributed by atoms with Gasteiger partial charge in [-0.05, 0) is 68.6 Å². The second-order valence-electron chi connectivity index (χ2n) is 9.20. The van der Waals surface area contributed by atoms with E-state index in [2.05, 4.69) is 20.4 Å². The van der Waals surface area contributed by atoms with Crippen LogP contribution in [0.5, 0.6) is 0 Å². The van der Waals surface area contributed by atoms with E-state index in [0.29, 0.717) is 11.8 Å². The minimum absolute atomic E-state index is 0.0579. The third-order valence-corrected chi connectivity index (χ3v) is 7.58. The minimum atomic E-state index is -0.615. The van der Waals surface area contributed by atoms with E-state index in [-0.39, 0.29) is 17.6 Å². The fraction of sp³-hybridized carbons (Fsp3) is 0.864. The molecule has 0 aromatic carbocycles. The average molecular weight is 367 g/mol. The largest absolute Gasteiger partial charge is 0.481 e. The summed E-state index contributed by atoms with van der Waals surface area (Å²) in [5, 5.41) is 9.92. The fourth-order valence-corrected chi connectivity index (χ4v) is 5.92. The third kappa shape index (κ3) is 4.01. The van der Waals surface area contributed by atoms with E-state index in [1.807, 2.05) is 6.92 Å². The number of allylic oxidation sites excluding steroid dienone is 1. The van der Waals surface area contributed by atoms with Crippen LogP contribution in [0.15, 0.2) is 12.2 Å². The molecule has 26 heavy (non-hydrogen) atoms. The van der Waals surface area contributed by atoms with Crippen molar-refractivity contribution in [2.45, 2.75) is 78.4 Å². The van der Waals surface area contributed by atoms with Gasteiger partial charge in [0.15, 0.2) is 6.29 Å². The molecule has 2 aliphatic carbocycles. The first-order valence-electron chi connectivity index (χ1n) is 10.2. The highest BCUT2D eigenvalue weighted by atomic mass is 16.7. The quantitative estimate of drug-likeness (QED) is 0.469. The Kier molecular flexibility index (Phi) is 6.95. The van der Waals surface area contributed by atoms with Crippen molar-refractivity contribution in [1.29, 1.82) is 0 Å². The number of rotatable bonds is 8. The maximum absolute atomic E-state index is 12.1. The second kappa shape index (κ2) is 8.43. The number of carboxylic acids is 1. The first-order chi connectivity index (χ1) is 12.2. The van der Waals surface area contributed by atoms with E-state index in [1.165, 1.54) is 5.57 Å². The van der Waals surface area contributed by atoms with Gasteiger partial charge in [0.1, 0.15) is 0 Å². The molecule has 4 nitrogen and oxygen atoms in total. The number of carboxylic acid groups (broad SMARTS) is 1. The molecule has 0 saturated heterocycles. The number of hydrogen-bond acceptors (Lipinski definition) is 3. The van der Waals surface area contributed by atoms with Crippen LogP contribution in [-0.4, -0.2) is 31.6 Å². The Morgan fingerprint density at radius 3 is 2.54 bits per heavy atom. The Labute approximate surface area is 159 Å². The van der Waals surface area contributed by atoms with Gasteiger partial charge >= 0.3 is 5.97 Å². The predicted octanol–water partition coefficient (Wildman–Crippen LogP) is 5.28. The summed E-state index contributed by atoms with van der Waals surface area (Å²) in [4.78, 5) is 12.1. The molecule has 0 amide bonds. The topological polar surface area (TPSA) is 55.8 Å². The van der Waals surface area contributed by atoms with E-state index >= 15 is 0 Å². The lowest BCUT2D eigenvalue weighted by Gasteiger charge is -2.57. The molecule has 2 fully saturated rings. The lowest BCUT2D eigenvalue weighted by molar-refractivity contribution is -0.164. The molecule has 0 aromatic heterocycles. The van der Waals surface area contributed by atoms with Crippen molar-refractivity contribution in [2.75, 3.05) is 14.2 Å². The molecular formula is C22H38O4. The van der Waals surface area contributed by atoms with Gasteiger partial charge in [0.25, 0.3) is 0 Å². The molecule has 4 heteroatoms. The highest BCUT2D eigenvalue weighted by molar-refractivity contribution is 5.75. The summed E-state index contributed by atoms with van der Waals surface area (Å²) in [6.45, 7) is 11.0. The highest BCUT2D eigenvalue weighted by Crippen LogP contribution is 2.62. The van der Waals surface area contributed by atoms with Gasteiger partial charge < -0.3 is 14.6 Å². The van der Waals surface area contributed by atoms with E-state index < -0.39 is 11.4 Å². The maximum atomic E-state index is 12.1. The molecule has 0 aromatic rings. The summed E-state index contributed by atoms with van der Waals surface area (Å²) in [6.07, 6.45) is 7.80. The molecule has 2 saturated carbocycles. The number of fused-ring (bicyclic) bond motifs is 1. The van der Waals surface area contributed by atoms with Gasteiger partial charge in [-0.3, -0.25) is 4.79 Å². The molecule has 5 atom stereocenters. The number of carbonyl (C=O) groups is 1. The first kappa shape index (κ1) is 21.4. The normalized spacial score (nSPS) is 36.0. The Bertz CT molecular complexity index is 512. The maximum Gasteiger partial charge on any atom is 0.309 e. The lowest BCUT2D eigenvalue weighted by Crippen LogP contribution is -2.53. The Morgan fingerprint density at radius 2 is 1.96 bits per heavy atom. The van der Waals surface area contributed by atoms with Gasteiger partial charge in [0.2, 0.25) is 0 Å². The molecule has 0 spiro atoms. The van der Waals surface area contributed by atoms with Crippen LogP contribution >= 0.6 is 0 Å². The van der Waals surface area contributed by atoms with E-state index in [1.54, 1.807) is 14.2 Å². The van der Waals surface area contributed by atoms with Crippen LogP contribution in [0, 0.1) is 28.6 Å². The van der Waals surface area contributed by atoms with Gasteiger partial charge in [-0.15, -0.1) is 0 Å². The van der Waals surface area contributed by atoms with Gasteiger partial charge in [-0.1, -0.05) is 32.4 Å². The van der Waals surface area contributed by atoms with Gasteiger partial charge in [0.05, 0.1) is 5.41 Å². The number of methoxy groups -OCH3 is 2. The van der Waals surface area contributed by atoms with Crippen LogP contribution in [0.2, 0.25) is 0 Å². The highest BCUT2D eigenvalue weighted by Gasteiger charge is 2.57. The van der Waals surface area contributed by atoms with Gasteiger partial charge in [-0.25, -0.2) is 0 Å². The van der Waals surface area contributed by atoms with Crippen molar-refractivity contribution in [1.82, 2.24) is 0 Å². The van der Waals surface area contributed by atoms with Crippen LogP contribution in [-0.2, 0) is 14.3 Å². The van der Waals surface area contributed by atoms with Crippen LogP contribution in [0.25, 0.3) is 0 Å². The van der Waals surface area contributed by atoms with Crippen molar-refractivity contribution >= 4 is 5.97 Å². The molecule has 2 aliphatic rings. The van der Waals surface area contributed by atoms with Gasteiger partial charge in [-0.2, -0.15) is 0 Å². The summed E-state index contributed by atoms with van der Waals surface area (Å²) in [5.41, 5.74) is 0.803. The molecule has 2 rings (SSSR count). The first-order valence-corrected chi connectivity index (χ1v) is 10.2. The molecule has 0 bridgehead atoms. The summed E-state index contributed by atoms with van der Waals surface area (Å²) >= 11 is 0. The lowest BCUT2D eigenvalue weighted by atomic mass is 9.46. The second-order valence-corrected chi connectivity index (χ2v) is 9.20. The summed E-state index contributed by atoms with van der Waals surface area (Å²) in [7, 11) is 3.37. The number of aliphatic carboxylic acids is 1. The molecule has 1 N–H and O–H groups in total. The molecule has 0 unspecified atom stereocenters. The summed E-state index contributed by atoms with van der Waals surface area (Å²) in [6, 6.07) is 0. The van der Waals surface area contributed by atoms with Crippen LogP contribution in [0.3, 0.4) is 0 Å². The zero-order valence-electron chi connectivity index (χ0n) is 17.3. The molecule has 150 valence electrons. The van der Waals surface area contributed by atoms with Gasteiger partial charge in [0, 0.05) is 20.6 Å². The fourth-order valence-electron chi connectivity index (χ4n) is 5.92. The number of hydrogen-bond donors (Lipinski definition) is 1. The van der Waals surface area contributed by atoms with E-state index in [0.717, 1.165) is 51.4 Å². The van der Waals surface area contributed by atoms with Crippen molar-refractivity contribution in [2.24, 2.45) is 28.6 Å². The van der Waals surface area contributed by atoms with Crippen LogP contribution in [0.4, 0.5) is 0 Å². The van der Waals surface area contributed by atoms with E-state index in [4.69, 9.17) is 9.47 Å². The van der Waals surface area contributed by atoms with Crippen molar-refractivity contribution < 1.29 is 19.4 Å². The standard InChI is InChI=1S/C22H38O4/c1-15(14-19(25-5)26-6)8-10-17-16(2)9-11-18-21(17,3)12-7-13-22(18,4)20(23)24/h15,17-19H,2,7-14H2,1,3-6H3,(H,23,24)/t15-,17+,18+,21-,22+/m1/s1. The Balaban J connectivity index is 2.12. The molecule has 0 heterocycles. The third-order valence-electron chi connectivity index (χ3n) is 7.58. The Hall–Kier alpha value is -0.870. The predicted molar refractivity (Wildman–Crippen MR) is 104 cm³/mol. The Morgan fingerprint density at radius 1 is 1.31 bits per heavy atom. The average Bonchev–Trinajstić information content (AvgIpc) is 2.58.